The molecule has 1 aliphatic rings. The molecule has 26 heavy (non-hydrogen) atoms. The Hall–Kier alpha value is -2.44. The lowest BCUT2D eigenvalue weighted by molar-refractivity contribution is 0.0342. The molecule has 1 heterocycles. The fourth-order valence-corrected chi connectivity index (χ4v) is 2.87. The maximum Gasteiger partial charge on any atom is 0.251 e. The Labute approximate surface area is 152 Å². The number of nitrogens with zero attached hydrogens (tertiary/aromatic N) is 1. The number of rotatable bonds is 6. The minimum atomic E-state index is -0.549. The Morgan fingerprint density at radius 3 is 2.50 bits per heavy atom. The first-order valence-electron chi connectivity index (χ1n) is 8.65. The van der Waals surface area contributed by atoms with E-state index in [-0.39, 0.29) is 17.2 Å². The molecule has 6 heteroatoms. The van der Waals surface area contributed by atoms with Crippen LogP contribution in [0.5, 0.6) is 5.75 Å². The second-order valence-corrected chi connectivity index (χ2v) is 6.24. The molecule has 0 bridgehead atoms. The normalized spacial score (nSPS) is 14.8. The van der Waals surface area contributed by atoms with Crippen LogP contribution in [0.2, 0.25) is 0 Å². The van der Waals surface area contributed by atoms with E-state index in [0.29, 0.717) is 6.54 Å². The molecular formula is C20H23FN2O3. The fraction of sp³-hybridized carbons (Fsp3) is 0.350. The molecule has 0 saturated carbocycles. The van der Waals surface area contributed by atoms with Crippen LogP contribution in [-0.4, -0.2) is 44.2 Å². The van der Waals surface area contributed by atoms with Crippen LogP contribution < -0.4 is 10.1 Å². The van der Waals surface area contributed by atoms with E-state index in [4.69, 9.17) is 9.47 Å². The number of halogens is 1. The minimum Gasteiger partial charge on any atom is -0.494 e. The predicted octanol–water partition coefficient (Wildman–Crippen LogP) is 2.60. The highest BCUT2D eigenvalue weighted by atomic mass is 19.1. The van der Waals surface area contributed by atoms with Crippen LogP contribution >= 0.6 is 0 Å². The van der Waals surface area contributed by atoms with E-state index in [1.807, 2.05) is 12.1 Å². The molecular weight excluding hydrogens is 335 g/mol. The van der Waals surface area contributed by atoms with Gasteiger partial charge in [0.1, 0.15) is 0 Å². The van der Waals surface area contributed by atoms with Gasteiger partial charge in [-0.1, -0.05) is 24.3 Å². The Kier molecular flexibility index (Phi) is 6.20. The average molecular weight is 358 g/mol. The van der Waals surface area contributed by atoms with E-state index in [1.54, 1.807) is 6.07 Å². The monoisotopic (exact) mass is 358 g/mol. The summed E-state index contributed by atoms with van der Waals surface area (Å²) in [6.45, 7) is 4.78. The van der Waals surface area contributed by atoms with Gasteiger partial charge in [-0.05, 0) is 29.3 Å². The Morgan fingerprint density at radius 2 is 1.85 bits per heavy atom. The standard InChI is InChI=1S/C20H23FN2O3/c1-25-19-7-6-17(12-18(19)21)20(24)22-13-15-2-4-16(5-3-15)14-23-8-10-26-11-9-23/h2-7,12H,8-11,13-14H2,1H3,(H,22,24). The summed E-state index contributed by atoms with van der Waals surface area (Å²) < 4.78 is 23.9. The number of benzene rings is 2. The molecule has 1 saturated heterocycles. The highest BCUT2D eigenvalue weighted by molar-refractivity contribution is 5.94. The molecule has 2 aromatic carbocycles. The van der Waals surface area contributed by atoms with Crippen molar-refractivity contribution in [2.45, 2.75) is 13.1 Å². The molecule has 2 aromatic rings. The third-order valence-electron chi connectivity index (χ3n) is 4.40. The summed E-state index contributed by atoms with van der Waals surface area (Å²) in [6.07, 6.45) is 0. The number of carbonyl (C=O) groups is 1. The van der Waals surface area contributed by atoms with E-state index in [1.165, 1.54) is 24.8 Å². The van der Waals surface area contributed by atoms with Gasteiger partial charge >= 0.3 is 0 Å². The molecule has 1 amide bonds. The summed E-state index contributed by atoms with van der Waals surface area (Å²) in [4.78, 5) is 14.5. The second kappa shape index (κ2) is 8.78. The van der Waals surface area contributed by atoms with Gasteiger partial charge in [0.15, 0.2) is 11.6 Å². The van der Waals surface area contributed by atoms with E-state index in [2.05, 4.69) is 22.3 Å². The summed E-state index contributed by atoms with van der Waals surface area (Å²) in [5.74, 6) is -0.742. The van der Waals surface area contributed by atoms with Gasteiger partial charge in [0.05, 0.1) is 20.3 Å². The lowest BCUT2D eigenvalue weighted by Crippen LogP contribution is -2.35. The maximum atomic E-state index is 13.7. The summed E-state index contributed by atoms with van der Waals surface area (Å²) in [7, 11) is 1.39. The fourth-order valence-electron chi connectivity index (χ4n) is 2.87. The average Bonchev–Trinajstić information content (AvgIpc) is 2.68. The summed E-state index contributed by atoms with van der Waals surface area (Å²) in [5.41, 5.74) is 2.50. The quantitative estimate of drug-likeness (QED) is 0.862. The van der Waals surface area contributed by atoms with Crippen molar-refractivity contribution in [1.29, 1.82) is 0 Å². The van der Waals surface area contributed by atoms with Gasteiger partial charge in [-0.15, -0.1) is 0 Å². The van der Waals surface area contributed by atoms with E-state index in [0.717, 1.165) is 38.4 Å². The molecule has 0 radical (unpaired) electrons. The molecule has 0 aromatic heterocycles. The van der Waals surface area contributed by atoms with Crippen LogP contribution in [0.1, 0.15) is 21.5 Å². The number of ether oxygens (including phenoxy) is 2. The highest BCUT2D eigenvalue weighted by Gasteiger charge is 2.11. The zero-order chi connectivity index (χ0) is 18.4. The first-order valence-corrected chi connectivity index (χ1v) is 8.65. The predicted molar refractivity (Wildman–Crippen MR) is 96.7 cm³/mol. The van der Waals surface area contributed by atoms with Crippen molar-refractivity contribution in [3.05, 3.63) is 65.0 Å². The van der Waals surface area contributed by atoms with Crippen molar-refractivity contribution in [2.24, 2.45) is 0 Å². The van der Waals surface area contributed by atoms with Crippen molar-refractivity contribution in [3.8, 4) is 5.75 Å². The molecule has 1 aliphatic heterocycles. The number of morpholine rings is 1. The number of carbonyl (C=O) groups excluding carboxylic acids is 1. The molecule has 0 aliphatic carbocycles. The van der Waals surface area contributed by atoms with E-state index in [9.17, 15) is 9.18 Å². The first kappa shape index (κ1) is 18.4. The van der Waals surface area contributed by atoms with Crippen LogP contribution in [0.4, 0.5) is 4.39 Å². The third kappa shape index (κ3) is 4.80. The molecule has 138 valence electrons. The lowest BCUT2D eigenvalue weighted by atomic mass is 10.1. The van der Waals surface area contributed by atoms with Crippen molar-refractivity contribution in [1.82, 2.24) is 10.2 Å². The van der Waals surface area contributed by atoms with Crippen molar-refractivity contribution < 1.29 is 18.7 Å². The highest BCUT2D eigenvalue weighted by Crippen LogP contribution is 2.17. The van der Waals surface area contributed by atoms with Gasteiger partial charge < -0.3 is 14.8 Å². The van der Waals surface area contributed by atoms with Crippen LogP contribution in [-0.2, 0) is 17.8 Å². The van der Waals surface area contributed by atoms with Gasteiger partial charge in [0.2, 0.25) is 0 Å². The van der Waals surface area contributed by atoms with Crippen LogP contribution in [0.25, 0.3) is 0 Å². The summed E-state index contributed by atoms with van der Waals surface area (Å²) in [5, 5.41) is 2.81. The number of hydrogen-bond acceptors (Lipinski definition) is 4. The van der Waals surface area contributed by atoms with Gasteiger partial charge in [-0.3, -0.25) is 9.69 Å². The van der Waals surface area contributed by atoms with Gasteiger partial charge in [-0.2, -0.15) is 0 Å². The first-order chi connectivity index (χ1) is 12.7. The van der Waals surface area contributed by atoms with Crippen LogP contribution in [0.3, 0.4) is 0 Å². The Morgan fingerprint density at radius 1 is 1.15 bits per heavy atom. The minimum absolute atomic E-state index is 0.123. The molecule has 5 nitrogen and oxygen atoms in total. The lowest BCUT2D eigenvalue weighted by Gasteiger charge is -2.26. The topological polar surface area (TPSA) is 50.8 Å². The summed E-state index contributed by atoms with van der Waals surface area (Å²) >= 11 is 0. The van der Waals surface area contributed by atoms with Crippen molar-refractivity contribution in [3.63, 3.8) is 0 Å². The third-order valence-corrected chi connectivity index (χ3v) is 4.40. The van der Waals surface area contributed by atoms with Crippen molar-refractivity contribution in [2.75, 3.05) is 33.4 Å². The maximum absolute atomic E-state index is 13.7. The van der Waals surface area contributed by atoms with Crippen molar-refractivity contribution >= 4 is 5.91 Å². The molecule has 3 rings (SSSR count). The zero-order valence-corrected chi connectivity index (χ0v) is 14.8. The van der Waals surface area contributed by atoms with Crippen LogP contribution in [0, 0.1) is 5.82 Å². The van der Waals surface area contributed by atoms with Gasteiger partial charge in [0.25, 0.3) is 5.91 Å². The van der Waals surface area contributed by atoms with E-state index < -0.39 is 5.82 Å². The largest absolute Gasteiger partial charge is 0.494 e. The molecule has 0 unspecified atom stereocenters. The Balaban J connectivity index is 1.52. The SMILES string of the molecule is COc1ccc(C(=O)NCc2ccc(CN3CCOCC3)cc2)cc1F. The van der Waals surface area contributed by atoms with E-state index >= 15 is 0 Å². The van der Waals surface area contributed by atoms with Gasteiger partial charge in [0, 0.05) is 31.7 Å². The number of nitrogens with one attached hydrogen (secondary N) is 1. The number of methoxy groups -OCH3 is 1. The van der Waals surface area contributed by atoms with Crippen LogP contribution in [0.15, 0.2) is 42.5 Å². The molecule has 0 atom stereocenters. The molecule has 1 fully saturated rings. The second-order valence-electron chi connectivity index (χ2n) is 6.24. The molecule has 0 spiro atoms. The zero-order valence-electron chi connectivity index (χ0n) is 14.8. The number of amides is 1. The van der Waals surface area contributed by atoms with Gasteiger partial charge in [-0.25, -0.2) is 4.39 Å². The smallest absolute Gasteiger partial charge is 0.251 e. The Bertz CT molecular complexity index is 743. The molecule has 1 N–H and O–H groups in total. The number of hydrogen-bond donors (Lipinski definition) is 1. The summed E-state index contributed by atoms with van der Waals surface area (Å²) in [6, 6.07) is 12.3.